The van der Waals surface area contributed by atoms with Crippen LogP contribution in [-0.2, 0) is 9.31 Å². The molecule has 22 heavy (non-hydrogen) atoms. The van der Waals surface area contributed by atoms with Crippen LogP contribution in [0.1, 0.15) is 33.3 Å². The van der Waals surface area contributed by atoms with Crippen LogP contribution in [0.5, 0.6) is 0 Å². The number of benzene rings is 1. The highest BCUT2D eigenvalue weighted by atomic mass is 35.5. The molecular formula is C16H22BCl2NO2. The van der Waals surface area contributed by atoms with Crippen LogP contribution in [0, 0.1) is 0 Å². The Morgan fingerprint density at radius 2 is 1.59 bits per heavy atom. The lowest BCUT2D eigenvalue weighted by Crippen LogP contribution is -2.41. The molecule has 0 radical (unpaired) electrons. The Hall–Kier alpha value is -0.515. The fraction of sp³-hybridized carbons (Fsp3) is 0.500. The first kappa shape index (κ1) is 17.8. The van der Waals surface area contributed by atoms with Gasteiger partial charge in [-0.25, -0.2) is 0 Å². The Bertz CT molecular complexity index is 551. The Morgan fingerprint density at radius 3 is 2.05 bits per heavy atom. The zero-order chi connectivity index (χ0) is 16.5. The van der Waals surface area contributed by atoms with E-state index in [9.17, 15) is 0 Å². The van der Waals surface area contributed by atoms with Crippen molar-refractivity contribution < 1.29 is 9.31 Å². The van der Waals surface area contributed by atoms with Gasteiger partial charge in [0.2, 0.25) is 0 Å². The first-order chi connectivity index (χ1) is 10.1. The van der Waals surface area contributed by atoms with Crippen molar-refractivity contribution in [2.45, 2.75) is 38.9 Å². The zero-order valence-corrected chi connectivity index (χ0v) is 15.2. The molecule has 1 fully saturated rings. The molecule has 120 valence electrons. The Morgan fingerprint density at radius 1 is 1.09 bits per heavy atom. The minimum absolute atomic E-state index is 0.365. The molecule has 1 aromatic carbocycles. The molecule has 0 spiro atoms. The minimum atomic E-state index is -0.393. The smallest absolute Gasteiger partial charge is 0.400 e. The maximum Gasteiger partial charge on any atom is 0.491 e. The third-order valence-corrected chi connectivity index (χ3v) is 4.61. The van der Waals surface area contributed by atoms with Crippen molar-refractivity contribution in [3.8, 4) is 0 Å². The second-order valence-electron chi connectivity index (χ2n) is 6.54. The number of halogens is 2. The SMILES string of the molecule is CNCC(=Cc1cc(Cl)cc(Cl)c1)B1OC(C)(C)C(C)(C)O1. The summed E-state index contributed by atoms with van der Waals surface area (Å²) in [5.41, 5.74) is 1.20. The van der Waals surface area contributed by atoms with E-state index in [1.807, 2.05) is 53.0 Å². The number of likely N-dealkylation sites (N-methyl/N-ethyl adjacent to an activating group) is 1. The van der Waals surface area contributed by atoms with Gasteiger partial charge in [0.25, 0.3) is 0 Å². The molecule has 1 aliphatic rings. The van der Waals surface area contributed by atoms with Gasteiger partial charge >= 0.3 is 7.12 Å². The summed E-state index contributed by atoms with van der Waals surface area (Å²) in [5.74, 6) is 0. The monoisotopic (exact) mass is 341 g/mol. The molecule has 0 atom stereocenters. The highest BCUT2D eigenvalue weighted by Crippen LogP contribution is 2.38. The molecule has 6 heteroatoms. The number of rotatable bonds is 4. The minimum Gasteiger partial charge on any atom is -0.400 e. The lowest BCUT2D eigenvalue weighted by Gasteiger charge is -2.32. The average Bonchev–Trinajstić information content (AvgIpc) is 2.56. The fourth-order valence-corrected chi connectivity index (χ4v) is 2.82. The van der Waals surface area contributed by atoms with Gasteiger partial charge in [-0.2, -0.15) is 0 Å². The van der Waals surface area contributed by atoms with Gasteiger partial charge in [-0.3, -0.25) is 0 Å². The van der Waals surface area contributed by atoms with Crippen LogP contribution in [0.25, 0.3) is 6.08 Å². The molecule has 0 saturated carbocycles. The fourth-order valence-electron chi connectivity index (χ4n) is 2.27. The van der Waals surface area contributed by atoms with E-state index in [-0.39, 0.29) is 11.2 Å². The van der Waals surface area contributed by atoms with Crippen LogP contribution in [0.2, 0.25) is 10.0 Å². The van der Waals surface area contributed by atoms with Crippen LogP contribution in [0.15, 0.2) is 23.7 Å². The molecule has 1 aliphatic heterocycles. The molecule has 1 saturated heterocycles. The van der Waals surface area contributed by atoms with Gasteiger partial charge in [0.05, 0.1) is 11.2 Å². The van der Waals surface area contributed by atoms with Crippen LogP contribution in [-0.4, -0.2) is 31.9 Å². The van der Waals surface area contributed by atoms with Gasteiger partial charge in [0, 0.05) is 16.6 Å². The third kappa shape index (κ3) is 3.87. The lowest BCUT2D eigenvalue weighted by atomic mass is 9.77. The maximum absolute atomic E-state index is 6.11. The predicted octanol–water partition coefficient (Wildman–Crippen LogP) is 4.23. The predicted molar refractivity (Wildman–Crippen MR) is 94.4 cm³/mol. The summed E-state index contributed by atoms with van der Waals surface area (Å²) >= 11 is 12.1. The van der Waals surface area contributed by atoms with Crippen molar-refractivity contribution in [3.63, 3.8) is 0 Å². The summed E-state index contributed by atoms with van der Waals surface area (Å²) in [4.78, 5) is 0. The molecule has 0 aliphatic carbocycles. The van der Waals surface area contributed by atoms with Crippen LogP contribution >= 0.6 is 23.2 Å². The highest BCUT2D eigenvalue weighted by Gasteiger charge is 2.52. The van der Waals surface area contributed by atoms with Crippen molar-refractivity contribution in [2.75, 3.05) is 13.6 Å². The molecule has 3 nitrogen and oxygen atoms in total. The zero-order valence-electron chi connectivity index (χ0n) is 13.7. The van der Waals surface area contributed by atoms with E-state index in [1.165, 1.54) is 0 Å². The average molecular weight is 342 g/mol. The first-order valence-electron chi connectivity index (χ1n) is 7.31. The number of hydrogen-bond donors (Lipinski definition) is 1. The quantitative estimate of drug-likeness (QED) is 0.831. The van der Waals surface area contributed by atoms with Gasteiger partial charge in [-0.05, 0) is 64.0 Å². The van der Waals surface area contributed by atoms with Crippen molar-refractivity contribution in [1.82, 2.24) is 5.32 Å². The summed E-state index contributed by atoms with van der Waals surface area (Å²) in [5, 5.41) is 4.37. The van der Waals surface area contributed by atoms with E-state index in [2.05, 4.69) is 5.32 Å². The lowest BCUT2D eigenvalue weighted by molar-refractivity contribution is 0.00578. The van der Waals surface area contributed by atoms with E-state index in [1.54, 1.807) is 6.07 Å². The largest absolute Gasteiger partial charge is 0.491 e. The summed E-state index contributed by atoms with van der Waals surface area (Å²) < 4.78 is 12.2. The van der Waals surface area contributed by atoms with Gasteiger partial charge in [0.1, 0.15) is 0 Å². The maximum atomic E-state index is 6.11. The van der Waals surface area contributed by atoms with Crippen LogP contribution in [0.3, 0.4) is 0 Å². The molecule has 1 N–H and O–H groups in total. The van der Waals surface area contributed by atoms with E-state index in [4.69, 9.17) is 32.5 Å². The molecule has 0 bridgehead atoms. The van der Waals surface area contributed by atoms with Crippen LogP contribution < -0.4 is 5.32 Å². The van der Waals surface area contributed by atoms with E-state index in [0.717, 1.165) is 11.0 Å². The second kappa shape index (κ2) is 6.54. The van der Waals surface area contributed by atoms with Gasteiger partial charge in [-0.15, -0.1) is 0 Å². The van der Waals surface area contributed by atoms with Gasteiger partial charge < -0.3 is 14.6 Å². The van der Waals surface area contributed by atoms with E-state index < -0.39 is 7.12 Å². The second-order valence-corrected chi connectivity index (χ2v) is 7.41. The summed E-state index contributed by atoms with van der Waals surface area (Å²) in [6, 6.07) is 5.45. The van der Waals surface area contributed by atoms with Crippen molar-refractivity contribution in [1.29, 1.82) is 0 Å². The first-order valence-corrected chi connectivity index (χ1v) is 8.07. The van der Waals surface area contributed by atoms with Crippen LogP contribution in [0.4, 0.5) is 0 Å². The number of hydrogen-bond acceptors (Lipinski definition) is 3. The Kier molecular flexibility index (Phi) is 5.30. The Labute approximate surface area is 143 Å². The molecule has 1 aromatic rings. The molecule has 0 amide bonds. The topological polar surface area (TPSA) is 30.5 Å². The van der Waals surface area contributed by atoms with Crippen molar-refractivity contribution >= 4 is 36.4 Å². The van der Waals surface area contributed by atoms with Gasteiger partial charge in [-0.1, -0.05) is 29.3 Å². The molecule has 1 heterocycles. The summed E-state index contributed by atoms with van der Waals surface area (Å²) in [6.45, 7) is 8.82. The van der Waals surface area contributed by atoms with Crippen molar-refractivity contribution in [2.24, 2.45) is 0 Å². The summed E-state index contributed by atoms with van der Waals surface area (Å²) in [7, 11) is 1.50. The standard InChI is InChI=1S/C16H22BCl2NO2/c1-15(2)16(3,4)22-17(21-15)12(10-20-5)6-11-7-13(18)9-14(19)8-11/h6-9,20H,10H2,1-5H3. The van der Waals surface area contributed by atoms with Crippen molar-refractivity contribution in [3.05, 3.63) is 39.3 Å². The molecule has 0 unspecified atom stereocenters. The highest BCUT2D eigenvalue weighted by molar-refractivity contribution is 6.56. The third-order valence-electron chi connectivity index (χ3n) is 4.17. The van der Waals surface area contributed by atoms with E-state index >= 15 is 0 Å². The Balaban J connectivity index is 2.33. The number of nitrogens with one attached hydrogen (secondary N) is 1. The summed E-state index contributed by atoms with van der Waals surface area (Å²) in [6.07, 6.45) is 2.01. The van der Waals surface area contributed by atoms with E-state index in [0.29, 0.717) is 16.6 Å². The molecule has 2 rings (SSSR count). The molecule has 0 aromatic heterocycles. The molecular weight excluding hydrogens is 320 g/mol. The normalized spacial score (nSPS) is 20.5. The van der Waals surface area contributed by atoms with Gasteiger partial charge in [0.15, 0.2) is 0 Å².